The van der Waals surface area contributed by atoms with E-state index in [9.17, 15) is 4.79 Å². The molecule has 1 unspecified atom stereocenters. The van der Waals surface area contributed by atoms with Crippen LogP contribution in [-0.4, -0.2) is 50.8 Å². The predicted molar refractivity (Wildman–Crippen MR) is 132 cm³/mol. The number of nitrogens with zero attached hydrogens (tertiary/aromatic N) is 2. The number of carbonyl (C=O) groups is 1. The minimum absolute atomic E-state index is 0.0717. The van der Waals surface area contributed by atoms with Gasteiger partial charge in [0.25, 0.3) is 0 Å². The summed E-state index contributed by atoms with van der Waals surface area (Å²) in [5.74, 6) is 1.67. The first-order valence-corrected chi connectivity index (χ1v) is 11.5. The second kappa shape index (κ2) is 10.8. The van der Waals surface area contributed by atoms with E-state index < -0.39 is 0 Å². The molecule has 1 aliphatic heterocycles. The Morgan fingerprint density at radius 1 is 1.06 bits per heavy atom. The van der Waals surface area contributed by atoms with Crippen LogP contribution in [0.4, 0.5) is 16.2 Å². The first-order valence-electron chi connectivity index (χ1n) is 10.7. The standard InChI is InChI=1S/C24H26Cl2N4O3/c1-32-19-7-5-18(6-8-19)29-10-12-30(13-11-29)22(23-3-2-14-33-23)16-27-24(31)28-17-4-9-20(25)21(26)15-17/h2-9,14-15,22H,10-13,16H2,1H3,(H2,27,28,31). The van der Waals surface area contributed by atoms with Gasteiger partial charge in [0.1, 0.15) is 11.5 Å². The molecule has 2 aromatic carbocycles. The summed E-state index contributed by atoms with van der Waals surface area (Å²) >= 11 is 12.0. The normalized spacial score (nSPS) is 15.2. The van der Waals surface area contributed by atoms with Crippen LogP contribution in [0.15, 0.2) is 65.3 Å². The number of hydrogen-bond acceptors (Lipinski definition) is 5. The quantitative estimate of drug-likeness (QED) is 0.473. The molecule has 174 valence electrons. The number of methoxy groups -OCH3 is 1. The summed E-state index contributed by atoms with van der Waals surface area (Å²) in [6.45, 7) is 3.84. The van der Waals surface area contributed by atoms with E-state index in [-0.39, 0.29) is 12.1 Å². The van der Waals surface area contributed by atoms with Crippen molar-refractivity contribution >= 4 is 40.6 Å². The molecule has 0 saturated carbocycles. The zero-order valence-electron chi connectivity index (χ0n) is 18.3. The third kappa shape index (κ3) is 5.93. The maximum absolute atomic E-state index is 12.5. The molecule has 2 N–H and O–H groups in total. The molecule has 9 heteroatoms. The highest BCUT2D eigenvalue weighted by Gasteiger charge is 2.27. The number of rotatable bonds is 7. The largest absolute Gasteiger partial charge is 0.497 e. The summed E-state index contributed by atoms with van der Waals surface area (Å²) < 4.78 is 10.9. The number of piperazine rings is 1. The summed E-state index contributed by atoms with van der Waals surface area (Å²) in [5.41, 5.74) is 1.74. The van der Waals surface area contributed by atoms with Gasteiger partial charge in [0.05, 0.1) is 29.5 Å². The number of furan rings is 1. The van der Waals surface area contributed by atoms with Crippen molar-refractivity contribution in [2.24, 2.45) is 0 Å². The van der Waals surface area contributed by atoms with Crippen LogP contribution in [0.25, 0.3) is 0 Å². The Balaban J connectivity index is 1.35. The smallest absolute Gasteiger partial charge is 0.319 e. The number of carbonyl (C=O) groups excluding carboxylic acids is 1. The average Bonchev–Trinajstić information content (AvgIpc) is 3.37. The lowest BCUT2D eigenvalue weighted by molar-refractivity contribution is 0.162. The van der Waals surface area contributed by atoms with Crippen LogP contribution < -0.4 is 20.3 Å². The maximum atomic E-state index is 12.5. The van der Waals surface area contributed by atoms with Crippen molar-refractivity contribution in [2.75, 3.05) is 50.1 Å². The number of anilines is 2. The van der Waals surface area contributed by atoms with E-state index in [1.165, 1.54) is 5.69 Å². The van der Waals surface area contributed by atoms with Gasteiger partial charge in [-0.15, -0.1) is 0 Å². The molecule has 0 spiro atoms. The van der Waals surface area contributed by atoms with Crippen LogP contribution in [0.1, 0.15) is 11.8 Å². The Kier molecular flexibility index (Phi) is 7.65. The molecule has 1 saturated heterocycles. The average molecular weight is 489 g/mol. The lowest BCUT2D eigenvalue weighted by Gasteiger charge is -2.39. The summed E-state index contributed by atoms with van der Waals surface area (Å²) in [4.78, 5) is 17.2. The number of nitrogens with one attached hydrogen (secondary N) is 2. The van der Waals surface area contributed by atoms with Crippen LogP contribution >= 0.6 is 23.2 Å². The SMILES string of the molecule is COc1ccc(N2CCN(C(CNC(=O)Nc3ccc(Cl)c(Cl)c3)c3ccco3)CC2)cc1. The first-order chi connectivity index (χ1) is 16.0. The molecule has 7 nitrogen and oxygen atoms in total. The zero-order chi connectivity index (χ0) is 23.2. The Labute approximate surface area is 203 Å². The molecule has 1 fully saturated rings. The van der Waals surface area contributed by atoms with Crippen LogP contribution in [0.5, 0.6) is 5.75 Å². The van der Waals surface area contributed by atoms with Gasteiger partial charge in [-0.3, -0.25) is 4.90 Å². The molecule has 2 heterocycles. The third-order valence-corrected chi connectivity index (χ3v) is 6.44. The van der Waals surface area contributed by atoms with Gasteiger partial charge >= 0.3 is 6.03 Å². The Morgan fingerprint density at radius 3 is 2.45 bits per heavy atom. The molecular weight excluding hydrogens is 463 g/mol. The van der Waals surface area contributed by atoms with E-state index in [2.05, 4.69) is 32.6 Å². The highest BCUT2D eigenvalue weighted by Crippen LogP contribution is 2.27. The number of ether oxygens (including phenoxy) is 1. The topological polar surface area (TPSA) is 70.0 Å². The summed E-state index contributed by atoms with van der Waals surface area (Å²) in [5, 5.41) is 6.57. The fraction of sp³-hybridized carbons (Fsp3) is 0.292. The van der Waals surface area contributed by atoms with Gasteiger partial charge in [-0.05, 0) is 54.6 Å². The minimum atomic E-state index is -0.318. The van der Waals surface area contributed by atoms with Crippen molar-refractivity contribution in [3.63, 3.8) is 0 Å². The van der Waals surface area contributed by atoms with E-state index in [0.29, 0.717) is 22.3 Å². The molecule has 4 rings (SSSR count). The van der Waals surface area contributed by atoms with Gasteiger partial charge in [0.15, 0.2) is 0 Å². The Bertz CT molecular complexity index is 1050. The number of amides is 2. The van der Waals surface area contributed by atoms with E-state index in [0.717, 1.165) is 37.7 Å². The maximum Gasteiger partial charge on any atom is 0.319 e. The lowest BCUT2D eigenvalue weighted by Crippen LogP contribution is -2.50. The molecule has 3 aromatic rings. The molecule has 0 radical (unpaired) electrons. The van der Waals surface area contributed by atoms with Gasteiger partial charge < -0.3 is 24.7 Å². The van der Waals surface area contributed by atoms with Gasteiger partial charge in [-0.25, -0.2) is 4.79 Å². The van der Waals surface area contributed by atoms with E-state index >= 15 is 0 Å². The second-order valence-electron chi connectivity index (χ2n) is 7.72. The molecule has 2 amide bonds. The number of halogens is 2. The predicted octanol–water partition coefficient (Wildman–Crippen LogP) is 5.28. The van der Waals surface area contributed by atoms with Crippen molar-refractivity contribution < 1.29 is 13.9 Å². The van der Waals surface area contributed by atoms with Gasteiger partial charge in [0, 0.05) is 44.1 Å². The minimum Gasteiger partial charge on any atom is -0.497 e. The molecule has 1 atom stereocenters. The highest BCUT2D eigenvalue weighted by molar-refractivity contribution is 6.42. The molecule has 33 heavy (non-hydrogen) atoms. The van der Waals surface area contributed by atoms with E-state index in [1.54, 1.807) is 31.6 Å². The fourth-order valence-corrected chi connectivity index (χ4v) is 4.21. The monoisotopic (exact) mass is 488 g/mol. The van der Waals surface area contributed by atoms with Crippen molar-refractivity contribution in [2.45, 2.75) is 6.04 Å². The lowest BCUT2D eigenvalue weighted by atomic mass is 10.1. The zero-order valence-corrected chi connectivity index (χ0v) is 19.8. The van der Waals surface area contributed by atoms with Crippen molar-refractivity contribution in [3.8, 4) is 5.75 Å². The molecule has 1 aliphatic rings. The van der Waals surface area contributed by atoms with Crippen molar-refractivity contribution in [1.82, 2.24) is 10.2 Å². The molecule has 0 aliphatic carbocycles. The Hall–Kier alpha value is -2.87. The fourth-order valence-electron chi connectivity index (χ4n) is 3.91. The van der Waals surface area contributed by atoms with E-state index in [1.807, 2.05) is 24.3 Å². The van der Waals surface area contributed by atoms with Gasteiger partial charge in [0.2, 0.25) is 0 Å². The van der Waals surface area contributed by atoms with Crippen molar-refractivity contribution in [3.05, 3.63) is 76.7 Å². The summed E-state index contributed by atoms with van der Waals surface area (Å²) in [6, 6.07) is 16.5. The number of hydrogen-bond donors (Lipinski definition) is 2. The third-order valence-electron chi connectivity index (χ3n) is 5.70. The number of urea groups is 1. The van der Waals surface area contributed by atoms with Gasteiger partial charge in [-0.1, -0.05) is 23.2 Å². The summed E-state index contributed by atoms with van der Waals surface area (Å²) in [7, 11) is 1.67. The summed E-state index contributed by atoms with van der Waals surface area (Å²) in [6.07, 6.45) is 1.66. The van der Waals surface area contributed by atoms with E-state index in [4.69, 9.17) is 32.4 Å². The molecule has 0 bridgehead atoms. The van der Waals surface area contributed by atoms with Gasteiger partial charge in [-0.2, -0.15) is 0 Å². The highest BCUT2D eigenvalue weighted by atomic mass is 35.5. The number of benzene rings is 2. The second-order valence-corrected chi connectivity index (χ2v) is 8.53. The molecular formula is C24H26Cl2N4O3. The van der Waals surface area contributed by atoms with Crippen LogP contribution in [0, 0.1) is 0 Å². The van der Waals surface area contributed by atoms with Crippen LogP contribution in [-0.2, 0) is 0 Å². The van der Waals surface area contributed by atoms with Crippen LogP contribution in [0.2, 0.25) is 10.0 Å². The first kappa shape index (κ1) is 23.3. The molecule has 1 aromatic heterocycles. The van der Waals surface area contributed by atoms with Crippen LogP contribution in [0.3, 0.4) is 0 Å². The van der Waals surface area contributed by atoms with Crippen molar-refractivity contribution in [1.29, 1.82) is 0 Å². The Morgan fingerprint density at radius 2 is 1.82 bits per heavy atom.